The van der Waals surface area contributed by atoms with Crippen molar-refractivity contribution in [1.29, 1.82) is 0 Å². The number of amides is 1. The van der Waals surface area contributed by atoms with Crippen molar-refractivity contribution in [1.82, 2.24) is 4.90 Å². The van der Waals surface area contributed by atoms with Crippen LogP contribution in [-0.4, -0.2) is 53.2 Å². The molecule has 1 aromatic carbocycles. The number of hydrogen-bond acceptors (Lipinski definition) is 5. The Labute approximate surface area is 186 Å². The van der Waals surface area contributed by atoms with Gasteiger partial charge in [0.1, 0.15) is 5.60 Å². The number of carbonyl (C=O) groups is 1. The third-order valence-corrected chi connectivity index (χ3v) is 6.79. The Morgan fingerprint density at radius 2 is 1.84 bits per heavy atom. The monoisotopic (exact) mass is 426 g/mol. The first-order valence-electron chi connectivity index (χ1n) is 11.3. The summed E-state index contributed by atoms with van der Waals surface area (Å²) in [6.45, 7) is 16.8. The van der Waals surface area contributed by atoms with Crippen LogP contribution in [0.4, 0.5) is 10.5 Å². The molecule has 0 spiro atoms. The Hall–Kier alpha value is -1.86. The number of fused-ring (bicyclic) bond motifs is 1. The SMILES string of the molecule is C[C@@H]1C[C@@H](C2=Nc3ccc(B4OC(C)(C)C(C)(C)O4)cc3C2)N(C(=O)OC(C)(C)C)C1. The summed E-state index contributed by atoms with van der Waals surface area (Å²) in [5.41, 5.74) is 2.93. The van der Waals surface area contributed by atoms with Crippen LogP contribution in [0.3, 0.4) is 0 Å². The zero-order valence-electron chi connectivity index (χ0n) is 20.1. The van der Waals surface area contributed by atoms with Crippen molar-refractivity contribution in [3.05, 3.63) is 23.8 Å². The lowest BCUT2D eigenvalue weighted by atomic mass is 9.78. The molecule has 3 heterocycles. The Bertz CT molecular complexity index is 903. The molecule has 4 rings (SSSR count). The zero-order chi connectivity index (χ0) is 22.8. The summed E-state index contributed by atoms with van der Waals surface area (Å²) in [5.74, 6) is 0.421. The first kappa shape index (κ1) is 22.3. The minimum absolute atomic E-state index is 0.0162. The molecule has 0 saturated carbocycles. The van der Waals surface area contributed by atoms with E-state index in [1.54, 1.807) is 0 Å². The second-order valence-corrected chi connectivity index (χ2v) is 11.2. The minimum Gasteiger partial charge on any atom is -0.444 e. The van der Waals surface area contributed by atoms with E-state index in [0.717, 1.165) is 35.3 Å². The number of aliphatic imine (C=N–C) groups is 1. The molecule has 31 heavy (non-hydrogen) atoms. The highest BCUT2D eigenvalue weighted by molar-refractivity contribution is 6.62. The van der Waals surface area contributed by atoms with Gasteiger partial charge < -0.3 is 14.0 Å². The number of likely N-dealkylation sites (tertiary alicyclic amines) is 1. The quantitative estimate of drug-likeness (QED) is 0.663. The topological polar surface area (TPSA) is 60.4 Å². The highest BCUT2D eigenvalue weighted by Gasteiger charge is 2.52. The normalized spacial score (nSPS) is 26.8. The van der Waals surface area contributed by atoms with E-state index in [-0.39, 0.29) is 30.5 Å². The molecule has 3 aliphatic rings. The molecular formula is C24H35BN2O4. The molecule has 2 fully saturated rings. The molecule has 6 nitrogen and oxygen atoms in total. The summed E-state index contributed by atoms with van der Waals surface area (Å²) in [5, 5.41) is 0. The van der Waals surface area contributed by atoms with Gasteiger partial charge in [-0.25, -0.2) is 4.79 Å². The lowest BCUT2D eigenvalue weighted by Gasteiger charge is -2.32. The summed E-state index contributed by atoms with van der Waals surface area (Å²) in [7, 11) is -0.385. The first-order chi connectivity index (χ1) is 14.3. The number of hydrogen-bond donors (Lipinski definition) is 0. The predicted octanol–water partition coefficient (Wildman–Crippen LogP) is 4.26. The second-order valence-electron chi connectivity index (χ2n) is 11.2. The van der Waals surface area contributed by atoms with Gasteiger partial charge in [-0.1, -0.05) is 19.1 Å². The highest BCUT2D eigenvalue weighted by Crippen LogP contribution is 2.38. The maximum absolute atomic E-state index is 12.8. The molecule has 0 bridgehead atoms. The molecule has 2 saturated heterocycles. The van der Waals surface area contributed by atoms with Crippen LogP contribution in [0.15, 0.2) is 23.2 Å². The average Bonchev–Trinajstić information content (AvgIpc) is 3.26. The van der Waals surface area contributed by atoms with Crippen LogP contribution in [0.5, 0.6) is 0 Å². The molecule has 0 unspecified atom stereocenters. The largest absolute Gasteiger partial charge is 0.494 e. The summed E-state index contributed by atoms with van der Waals surface area (Å²) in [6, 6.07) is 6.21. The van der Waals surface area contributed by atoms with E-state index in [1.165, 1.54) is 0 Å². The van der Waals surface area contributed by atoms with Gasteiger partial charge in [-0.05, 0) is 77.9 Å². The zero-order valence-corrected chi connectivity index (χ0v) is 20.1. The molecule has 0 aromatic heterocycles. The van der Waals surface area contributed by atoms with Gasteiger partial charge in [-0.15, -0.1) is 0 Å². The fourth-order valence-corrected chi connectivity index (χ4v) is 4.45. The maximum Gasteiger partial charge on any atom is 0.494 e. The number of ether oxygens (including phenoxy) is 1. The van der Waals surface area contributed by atoms with Crippen molar-refractivity contribution in [2.45, 2.75) is 91.1 Å². The van der Waals surface area contributed by atoms with E-state index >= 15 is 0 Å². The first-order valence-corrected chi connectivity index (χ1v) is 11.3. The van der Waals surface area contributed by atoms with Crippen molar-refractivity contribution >= 4 is 30.1 Å². The Balaban J connectivity index is 1.51. The van der Waals surface area contributed by atoms with Gasteiger partial charge in [-0.3, -0.25) is 9.89 Å². The summed E-state index contributed by atoms with van der Waals surface area (Å²) in [6.07, 6.45) is 1.40. The second kappa shape index (κ2) is 7.34. The van der Waals surface area contributed by atoms with Crippen molar-refractivity contribution in [3.8, 4) is 0 Å². The molecular weight excluding hydrogens is 391 g/mol. The van der Waals surface area contributed by atoms with Gasteiger partial charge in [0.15, 0.2) is 0 Å². The van der Waals surface area contributed by atoms with E-state index in [0.29, 0.717) is 12.5 Å². The van der Waals surface area contributed by atoms with Gasteiger partial charge >= 0.3 is 13.2 Å². The van der Waals surface area contributed by atoms with Crippen LogP contribution < -0.4 is 5.46 Å². The smallest absolute Gasteiger partial charge is 0.444 e. The third kappa shape index (κ3) is 4.27. The van der Waals surface area contributed by atoms with Crippen LogP contribution in [0.1, 0.15) is 67.4 Å². The van der Waals surface area contributed by atoms with Crippen LogP contribution in [-0.2, 0) is 20.5 Å². The molecule has 0 radical (unpaired) electrons. The van der Waals surface area contributed by atoms with Crippen LogP contribution in [0.25, 0.3) is 0 Å². The van der Waals surface area contributed by atoms with Crippen molar-refractivity contribution in [3.63, 3.8) is 0 Å². The minimum atomic E-state index is -0.508. The van der Waals surface area contributed by atoms with E-state index in [2.05, 4.69) is 40.7 Å². The van der Waals surface area contributed by atoms with Gasteiger partial charge in [0.05, 0.1) is 22.9 Å². The fraction of sp³-hybridized carbons (Fsp3) is 0.667. The molecule has 3 aliphatic heterocycles. The molecule has 168 valence electrons. The number of carbonyl (C=O) groups excluding carboxylic acids is 1. The molecule has 0 N–H and O–H groups in total. The average molecular weight is 426 g/mol. The highest BCUT2D eigenvalue weighted by atomic mass is 16.7. The van der Waals surface area contributed by atoms with E-state index in [1.807, 2.05) is 37.8 Å². The summed E-state index contributed by atoms with van der Waals surface area (Å²) >= 11 is 0. The van der Waals surface area contributed by atoms with Crippen molar-refractivity contribution in [2.24, 2.45) is 10.9 Å². The maximum atomic E-state index is 12.8. The van der Waals surface area contributed by atoms with Crippen molar-refractivity contribution < 1.29 is 18.8 Å². The molecule has 1 aromatic rings. The lowest BCUT2D eigenvalue weighted by Crippen LogP contribution is -2.43. The third-order valence-electron chi connectivity index (χ3n) is 6.79. The molecule has 2 atom stereocenters. The van der Waals surface area contributed by atoms with Gasteiger partial charge in [0, 0.05) is 18.7 Å². The van der Waals surface area contributed by atoms with Crippen LogP contribution >= 0.6 is 0 Å². The van der Waals surface area contributed by atoms with E-state index < -0.39 is 5.60 Å². The van der Waals surface area contributed by atoms with Crippen LogP contribution in [0, 0.1) is 5.92 Å². The molecule has 0 aliphatic carbocycles. The predicted molar refractivity (Wildman–Crippen MR) is 123 cm³/mol. The van der Waals surface area contributed by atoms with Gasteiger partial charge in [0.25, 0.3) is 0 Å². The number of rotatable bonds is 2. The Kier molecular flexibility index (Phi) is 5.29. The summed E-state index contributed by atoms with van der Waals surface area (Å²) in [4.78, 5) is 19.6. The number of benzene rings is 1. The van der Waals surface area contributed by atoms with Gasteiger partial charge in [0.2, 0.25) is 0 Å². The van der Waals surface area contributed by atoms with E-state index in [4.69, 9.17) is 19.0 Å². The summed E-state index contributed by atoms with van der Waals surface area (Å²) < 4.78 is 18.1. The van der Waals surface area contributed by atoms with Gasteiger partial charge in [-0.2, -0.15) is 0 Å². The number of nitrogens with zero attached hydrogens (tertiary/aromatic N) is 2. The molecule has 7 heteroatoms. The Morgan fingerprint density at radius 3 is 2.45 bits per heavy atom. The van der Waals surface area contributed by atoms with E-state index in [9.17, 15) is 4.79 Å². The molecule has 1 amide bonds. The fourth-order valence-electron chi connectivity index (χ4n) is 4.45. The van der Waals surface area contributed by atoms with Crippen molar-refractivity contribution in [2.75, 3.05) is 6.54 Å². The van der Waals surface area contributed by atoms with Crippen LogP contribution in [0.2, 0.25) is 0 Å². The lowest BCUT2D eigenvalue weighted by molar-refractivity contribution is 0.00578. The standard InChI is InChI=1S/C24H35BN2O4/c1-15-11-20(27(14-15)21(28)29-22(2,3)4)19-13-16-12-17(9-10-18(16)26-19)25-30-23(5,6)24(7,8)31-25/h9-10,12,15,20H,11,13-14H2,1-8H3/t15-,20+/m1/s1. The Morgan fingerprint density at radius 1 is 1.19 bits per heavy atom.